The zero-order chi connectivity index (χ0) is 18.3. The van der Waals surface area contributed by atoms with Gasteiger partial charge < -0.3 is 5.32 Å². The zero-order valence-electron chi connectivity index (χ0n) is 15.9. The smallest absolute Gasteiger partial charge is 0.0533 e. The minimum absolute atomic E-state index is 0.971. The molecule has 23 heavy (non-hydrogen) atoms. The Hall–Kier alpha value is -1.06. The molecule has 0 amide bonds. The van der Waals surface area contributed by atoms with Crippen LogP contribution in [-0.2, 0) is 0 Å². The fourth-order valence-corrected chi connectivity index (χ4v) is 2.39. The molecule has 1 nitrogen and oxygen atoms in total. The maximum Gasteiger partial charge on any atom is 0.0533 e. The predicted molar refractivity (Wildman–Crippen MR) is 114 cm³/mol. The Morgan fingerprint density at radius 2 is 1.39 bits per heavy atom. The van der Waals surface area contributed by atoms with Gasteiger partial charge in [0, 0.05) is 15.5 Å². The summed E-state index contributed by atoms with van der Waals surface area (Å²) >= 11 is 6.12. The Balaban J connectivity index is 0. The normalized spacial score (nSPS) is 8.39. The third-order valence-electron chi connectivity index (χ3n) is 2.60. The van der Waals surface area contributed by atoms with Crippen LogP contribution in [0.25, 0.3) is 0 Å². The molecule has 1 N–H and O–H groups in total. The van der Waals surface area contributed by atoms with E-state index in [1.54, 1.807) is 11.8 Å². The van der Waals surface area contributed by atoms with Gasteiger partial charge in [0.1, 0.15) is 0 Å². The average molecular weight is 352 g/mol. The van der Waals surface area contributed by atoms with Crippen molar-refractivity contribution in [1.82, 2.24) is 0 Å². The van der Waals surface area contributed by atoms with Crippen LogP contribution < -0.4 is 5.32 Å². The van der Waals surface area contributed by atoms with E-state index in [9.17, 15) is 0 Å². The number of nitrogens with one attached hydrogen (secondary N) is 1. The second kappa shape index (κ2) is 15.8. The van der Waals surface area contributed by atoms with E-state index in [1.165, 1.54) is 10.5 Å². The van der Waals surface area contributed by atoms with Crippen molar-refractivity contribution in [3.8, 4) is 0 Å². The molecular formula is C20H33NS2. The van der Waals surface area contributed by atoms with E-state index in [2.05, 4.69) is 55.4 Å². The molecule has 0 bridgehead atoms. The Kier molecular flexibility index (Phi) is 16.6. The van der Waals surface area contributed by atoms with Gasteiger partial charge in [-0.15, -0.1) is 24.4 Å². The van der Waals surface area contributed by atoms with Gasteiger partial charge in [-0.05, 0) is 43.0 Å². The fraction of sp³-hybridized carbons (Fsp3) is 0.400. The zero-order valence-corrected chi connectivity index (χ0v) is 17.6. The Morgan fingerprint density at radius 3 is 1.91 bits per heavy atom. The molecule has 2 aromatic carbocycles. The van der Waals surface area contributed by atoms with E-state index in [0.29, 0.717) is 0 Å². The lowest BCUT2D eigenvalue weighted by molar-refractivity contribution is 1.33. The monoisotopic (exact) mass is 351 g/mol. The van der Waals surface area contributed by atoms with Crippen molar-refractivity contribution in [3.63, 3.8) is 0 Å². The van der Waals surface area contributed by atoms with Crippen molar-refractivity contribution >= 4 is 35.8 Å². The van der Waals surface area contributed by atoms with E-state index in [4.69, 9.17) is 0 Å². The van der Waals surface area contributed by atoms with Gasteiger partial charge in [0.2, 0.25) is 0 Å². The van der Waals surface area contributed by atoms with Crippen LogP contribution in [0.15, 0.2) is 52.3 Å². The first-order valence-electron chi connectivity index (χ1n) is 8.40. The van der Waals surface area contributed by atoms with Crippen LogP contribution in [-0.4, -0.2) is 6.26 Å². The molecule has 3 heteroatoms. The molecule has 0 heterocycles. The first kappa shape index (κ1) is 24.2. The second-order valence-corrected chi connectivity index (χ2v) is 5.19. The molecule has 2 rings (SSSR count). The summed E-state index contributed by atoms with van der Waals surface area (Å²) in [5.41, 5.74) is 3.49. The maximum absolute atomic E-state index is 4.38. The van der Waals surface area contributed by atoms with Crippen molar-refractivity contribution in [2.75, 3.05) is 11.6 Å². The van der Waals surface area contributed by atoms with Gasteiger partial charge >= 0.3 is 0 Å². The Labute approximate surface area is 153 Å². The summed E-state index contributed by atoms with van der Waals surface area (Å²) in [7, 11) is 0. The quantitative estimate of drug-likeness (QED) is 0.431. The van der Waals surface area contributed by atoms with E-state index < -0.39 is 0 Å². The SMILES string of the molecule is CC.CC.CC.CSc1ccc(S)cc1Nc1ccccc1C. The molecule has 0 unspecified atom stereocenters. The van der Waals surface area contributed by atoms with Crippen LogP contribution in [0.4, 0.5) is 11.4 Å². The molecule has 0 aliphatic heterocycles. The molecule has 0 saturated heterocycles. The lowest BCUT2D eigenvalue weighted by Crippen LogP contribution is -1.94. The molecule has 130 valence electrons. The number of hydrogen-bond donors (Lipinski definition) is 2. The highest BCUT2D eigenvalue weighted by Gasteiger charge is 2.03. The molecule has 0 radical (unpaired) electrons. The summed E-state index contributed by atoms with van der Waals surface area (Å²) in [5.74, 6) is 0. The van der Waals surface area contributed by atoms with Crippen LogP contribution in [0.2, 0.25) is 0 Å². The van der Waals surface area contributed by atoms with Gasteiger partial charge in [0.15, 0.2) is 0 Å². The molecule has 2 aromatic rings. The first-order chi connectivity index (χ1) is 11.2. The summed E-state index contributed by atoms with van der Waals surface area (Å²) < 4.78 is 0. The number of thiol groups is 1. The van der Waals surface area contributed by atoms with Crippen molar-refractivity contribution in [1.29, 1.82) is 0 Å². The van der Waals surface area contributed by atoms with Crippen LogP contribution in [0.3, 0.4) is 0 Å². The lowest BCUT2D eigenvalue weighted by Gasteiger charge is -2.13. The van der Waals surface area contributed by atoms with Gasteiger partial charge in [0.05, 0.1) is 5.69 Å². The molecule has 0 atom stereocenters. The molecule has 0 aromatic heterocycles. The molecule has 0 fully saturated rings. The predicted octanol–water partition coefficient (Wildman–Crippen LogP) is 7.83. The summed E-state index contributed by atoms with van der Waals surface area (Å²) in [4.78, 5) is 2.20. The molecule has 0 aliphatic carbocycles. The number of hydrogen-bond acceptors (Lipinski definition) is 3. The van der Waals surface area contributed by atoms with Crippen molar-refractivity contribution in [3.05, 3.63) is 48.0 Å². The largest absolute Gasteiger partial charge is 0.354 e. The number of rotatable bonds is 3. The standard InChI is InChI=1S/C14H15NS2.3C2H6/c1-10-5-3-4-6-12(10)15-13-9-11(16)7-8-14(13)17-2;3*1-2/h3-9,15-16H,1-2H3;3*1-2H3. The van der Waals surface area contributed by atoms with E-state index in [1.807, 2.05) is 59.7 Å². The number of para-hydroxylation sites is 1. The Bertz CT molecular complexity index is 525. The highest BCUT2D eigenvalue weighted by molar-refractivity contribution is 7.98. The minimum atomic E-state index is 0.971. The molecule has 0 aliphatic rings. The van der Waals surface area contributed by atoms with Crippen LogP contribution in [0.1, 0.15) is 47.1 Å². The van der Waals surface area contributed by atoms with Gasteiger partial charge in [-0.3, -0.25) is 0 Å². The molecular weight excluding hydrogens is 318 g/mol. The third kappa shape index (κ3) is 8.97. The van der Waals surface area contributed by atoms with E-state index in [-0.39, 0.29) is 0 Å². The lowest BCUT2D eigenvalue weighted by atomic mass is 10.2. The third-order valence-corrected chi connectivity index (χ3v) is 3.67. The maximum atomic E-state index is 4.38. The van der Waals surface area contributed by atoms with Gasteiger partial charge in [0.25, 0.3) is 0 Å². The first-order valence-corrected chi connectivity index (χ1v) is 10.1. The van der Waals surface area contributed by atoms with Crippen LogP contribution in [0, 0.1) is 6.92 Å². The van der Waals surface area contributed by atoms with Crippen molar-refractivity contribution in [2.45, 2.75) is 58.3 Å². The summed E-state index contributed by atoms with van der Waals surface area (Å²) in [6.45, 7) is 14.1. The highest BCUT2D eigenvalue weighted by atomic mass is 32.2. The molecule has 0 spiro atoms. The number of aryl methyl sites for hydroxylation is 1. The fourth-order valence-electron chi connectivity index (χ4n) is 1.65. The van der Waals surface area contributed by atoms with Crippen LogP contribution >= 0.6 is 24.4 Å². The van der Waals surface area contributed by atoms with E-state index in [0.717, 1.165) is 16.3 Å². The highest BCUT2D eigenvalue weighted by Crippen LogP contribution is 2.31. The number of anilines is 2. The van der Waals surface area contributed by atoms with Crippen molar-refractivity contribution in [2.24, 2.45) is 0 Å². The molecule has 0 saturated carbocycles. The number of benzene rings is 2. The van der Waals surface area contributed by atoms with Gasteiger partial charge in [-0.2, -0.15) is 0 Å². The minimum Gasteiger partial charge on any atom is -0.354 e. The average Bonchev–Trinajstić information content (AvgIpc) is 2.62. The summed E-state index contributed by atoms with van der Waals surface area (Å²) in [6, 6.07) is 14.4. The summed E-state index contributed by atoms with van der Waals surface area (Å²) in [5, 5.41) is 3.46. The van der Waals surface area contributed by atoms with Crippen molar-refractivity contribution < 1.29 is 0 Å². The van der Waals surface area contributed by atoms with E-state index >= 15 is 0 Å². The topological polar surface area (TPSA) is 12.0 Å². The second-order valence-electron chi connectivity index (χ2n) is 3.82. The summed E-state index contributed by atoms with van der Waals surface area (Å²) in [6.07, 6.45) is 2.08. The van der Waals surface area contributed by atoms with Crippen LogP contribution in [0.5, 0.6) is 0 Å². The van der Waals surface area contributed by atoms with Gasteiger partial charge in [-0.1, -0.05) is 59.7 Å². The number of thioether (sulfide) groups is 1. The Morgan fingerprint density at radius 1 is 0.826 bits per heavy atom. The van der Waals surface area contributed by atoms with Gasteiger partial charge in [-0.25, -0.2) is 0 Å².